The van der Waals surface area contributed by atoms with E-state index in [1.165, 1.54) is 21.0 Å². The third-order valence-electron chi connectivity index (χ3n) is 4.38. The van der Waals surface area contributed by atoms with Gasteiger partial charge in [-0.05, 0) is 31.9 Å². The number of oxazole rings is 1. The highest BCUT2D eigenvalue weighted by Gasteiger charge is 2.32. The summed E-state index contributed by atoms with van der Waals surface area (Å²) in [5.41, 5.74) is 6.09. The van der Waals surface area contributed by atoms with E-state index in [-0.39, 0.29) is 17.0 Å². The van der Waals surface area contributed by atoms with Gasteiger partial charge in [-0.2, -0.15) is 4.31 Å². The number of hydrogen-bond acceptors (Lipinski definition) is 5. The number of rotatable bonds is 4. The predicted octanol–water partition coefficient (Wildman–Crippen LogP) is 0.500. The second-order valence-electron chi connectivity index (χ2n) is 5.85. The van der Waals surface area contributed by atoms with Crippen molar-refractivity contribution in [1.29, 1.82) is 0 Å². The van der Waals surface area contributed by atoms with Gasteiger partial charge in [-0.3, -0.25) is 9.36 Å². The Balaban J connectivity index is 1.99. The Labute approximate surface area is 138 Å². The van der Waals surface area contributed by atoms with Gasteiger partial charge in [-0.1, -0.05) is 0 Å². The van der Waals surface area contributed by atoms with Gasteiger partial charge in [0, 0.05) is 25.7 Å². The van der Waals surface area contributed by atoms with Crippen LogP contribution in [0.2, 0.25) is 0 Å². The van der Waals surface area contributed by atoms with Gasteiger partial charge >= 0.3 is 5.76 Å². The highest BCUT2D eigenvalue weighted by molar-refractivity contribution is 7.89. The first kappa shape index (κ1) is 16.7. The van der Waals surface area contributed by atoms with Gasteiger partial charge in [0.2, 0.25) is 15.9 Å². The molecule has 0 bridgehead atoms. The SMILES string of the molecule is CCn1c(=O)oc2cc(S(=O)(=O)N3CCC[C@@H](C(N)=O)C3)ccc21. The monoisotopic (exact) mass is 353 g/mol. The fraction of sp³-hybridized carbons (Fsp3) is 0.467. The second-order valence-corrected chi connectivity index (χ2v) is 7.78. The van der Waals surface area contributed by atoms with Crippen molar-refractivity contribution in [2.45, 2.75) is 31.2 Å². The molecule has 1 aliphatic heterocycles. The summed E-state index contributed by atoms with van der Waals surface area (Å²) < 4.78 is 33.4. The molecule has 3 rings (SSSR count). The molecule has 0 spiro atoms. The average Bonchev–Trinajstić information content (AvgIpc) is 2.88. The lowest BCUT2D eigenvalue weighted by atomic mass is 9.99. The molecule has 24 heavy (non-hydrogen) atoms. The maximum Gasteiger partial charge on any atom is 0.419 e. The maximum absolute atomic E-state index is 12.8. The molecule has 0 saturated carbocycles. The topological polar surface area (TPSA) is 116 Å². The molecule has 1 aromatic heterocycles. The number of nitrogens with two attached hydrogens (primary N) is 1. The summed E-state index contributed by atoms with van der Waals surface area (Å²) in [6.07, 6.45) is 1.17. The predicted molar refractivity (Wildman–Crippen MR) is 86.8 cm³/mol. The Hall–Kier alpha value is -2.13. The molecule has 1 aromatic carbocycles. The Bertz CT molecular complexity index is 944. The van der Waals surface area contributed by atoms with Crippen molar-refractivity contribution in [3.8, 4) is 0 Å². The number of carbonyl (C=O) groups excluding carboxylic acids is 1. The number of primary amides is 1. The molecule has 1 fully saturated rings. The first-order valence-corrected chi connectivity index (χ1v) is 9.21. The molecule has 2 N–H and O–H groups in total. The Morgan fingerprint density at radius 3 is 2.83 bits per heavy atom. The van der Waals surface area contributed by atoms with E-state index in [1.807, 2.05) is 0 Å². The van der Waals surface area contributed by atoms with Crippen LogP contribution in [0.25, 0.3) is 11.1 Å². The summed E-state index contributed by atoms with van der Waals surface area (Å²) in [7, 11) is -3.78. The molecular weight excluding hydrogens is 334 g/mol. The molecule has 1 amide bonds. The van der Waals surface area contributed by atoms with Crippen LogP contribution in [0, 0.1) is 5.92 Å². The highest BCUT2D eigenvalue weighted by Crippen LogP contribution is 2.26. The third kappa shape index (κ3) is 2.73. The van der Waals surface area contributed by atoms with Crippen LogP contribution >= 0.6 is 0 Å². The summed E-state index contributed by atoms with van der Waals surface area (Å²) >= 11 is 0. The van der Waals surface area contributed by atoms with E-state index in [2.05, 4.69) is 0 Å². The summed E-state index contributed by atoms with van der Waals surface area (Å²) in [6.45, 7) is 2.66. The Morgan fingerprint density at radius 2 is 2.17 bits per heavy atom. The van der Waals surface area contributed by atoms with Gasteiger partial charge in [-0.25, -0.2) is 13.2 Å². The molecule has 1 aliphatic rings. The zero-order valence-electron chi connectivity index (χ0n) is 13.3. The van der Waals surface area contributed by atoms with E-state index in [4.69, 9.17) is 10.2 Å². The summed E-state index contributed by atoms with van der Waals surface area (Å²) in [4.78, 5) is 23.1. The van der Waals surface area contributed by atoms with E-state index in [9.17, 15) is 18.0 Å². The van der Waals surface area contributed by atoms with Crippen LogP contribution in [0.4, 0.5) is 0 Å². The third-order valence-corrected chi connectivity index (χ3v) is 6.24. The van der Waals surface area contributed by atoms with Crippen molar-refractivity contribution in [2.75, 3.05) is 13.1 Å². The number of amides is 1. The molecule has 0 radical (unpaired) electrons. The minimum Gasteiger partial charge on any atom is -0.408 e. The van der Waals surface area contributed by atoms with Crippen molar-refractivity contribution < 1.29 is 17.6 Å². The quantitative estimate of drug-likeness (QED) is 0.859. The van der Waals surface area contributed by atoms with Crippen molar-refractivity contribution >= 4 is 27.0 Å². The minimum absolute atomic E-state index is 0.0390. The van der Waals surface area contributed by atoms with E-state index < -0.39 is 27.6 Å². The lowest BCUT2D eigenvalue weighted by Gasteiger charge is -2.30. The van der Waals surface area contributed by atoms with Crippen LogP contribution in [0.5, 0.6) is 0 Å². The van der Waals surface area contributed by atoms with E-state index in [0.717, 1.165) is 0 Å². The fourth-order valence-electron chi connectivity index (χ4n) is 3.05. The number of aryl methyl sites for hydroxylation is 1. The minimum atomic E-state index is -3.78. The standard InChI is InChI=1S/C15H19N3O5S/c1-2-18-12-6-5-11(8-13(12)23-15(18)20)24(21,22)17-7-3-4-10(9-17)14(16)19/h5-6,8,10H,2-4,7,9H2,1H3,(H2,16,19)/t10-/m1/s1. The Kier molecular flexibility index (Phi) is 4.22. The van der Waals surface area contributed by atoms with Gasteiger partial charge < -0.3 is 10.2 Å². The molecule has 8 nitrogen and oxygen atoms in total. The fourth-order valence-corrected chi connectivity index (χ4v) is 4.59. The van der Waals surface area contributed by atoms with Gasteiger partial charge in [0.05, 0.1) is 16.3 Å². The zero-order valence-corrected chi connectivity index (χ0v) is 14.1. The zero-order chi connectivity index (χ0) is 17.5. The first-order valence-electron chi connectivity index (χ1n) is 7.77. The Morgan fingerprint density at radius 1 is 1.42 bits per heavy atom. The number of hydrogen-bond donors (Lipinski definition) is 1. The van der Waals surface area contributed by atoms with Crippen LogP contribution in [0.3, 0.4) is 0 Å². The largest absolute Gasteiger partial charge is 0.419 e. The molecule has 2 heterocycles. The van der Waals surface area contributed by atoms with Crippen molar-refractivity contribution in [3.05, 3.63) is 28.7 Å². The van der Waals surface area contributed by atoms with Crippen LogP contribution in [-0.2, 0) is 21.4 Å². The van der Waals surface area contributed by atoms with Crippen LogP contribution in [-0.4, -0.2) is 36.3 Å². The number of carbonyl (C=O) groups is 1. The highest BCUT2D eigenvalue weighted by atomic mass is 32.2. The summed E-state index contributed by atoms with van der Waals surface area (Å²) in [5.74, 6) is -1.48. The molecular formula is C15H19N3O5S. The lowest BCUT2D eigenvalue weighted by Crippen LogP contribution is -2.44. The number of sulfonamides is 1. The normalized spacial score (nSPS) is 19.6. The van der Waals surface area contributed by atoms with E-state index in [1.54, 1.807) is 13.0 Å². The molecule has 130 valence electrons. The smallest absolute Gasteiger partial charge is 0.408 e. The molecule has 1 saturated heterocycles. The van der Waals surface area contributed by atoms with Crippen molar-refractivity contribution in [2.24, 2.45) is 11.7 Å². The van der Waals surface area contributed by atoms with Gasteiger partial charge in [-0.15, -0.1) is 0 Å². The number of aromatic nitrogens is 1. The number of nitrogens with zero attached hydrogens (tertiary/aromatic N) is 2. The average molecular weight is 353 g/mol. The van der Waals surface area contributed by atoms with Gasteiger partial charge in [0.1, 0.15) is 0 Å². The maximum atomic E-state index is 12.8. The molecule has 1 atom stereocenters. The van der Waals surface area contributed by atoms with Crippen LogP contribution in [0.1, 0.15) is 19.8 Å². The lowest BCUT2D eigenvalue weighted by molar-refractivity contribution is -0.122. The number of benzene rings is 1. The van der Waals surface area contributed by atoms with Crippen molar-refractivity contribution in [1.82, 2.24) is 8.87 Å². The van der Waals surface area contributed by atoms with E-state index >= 15 is 0 Å². The van der Waals surface area contributed by atoms with Crippen LogP contribution in [0.15, 0.2) is 32.3 Å². The van der Waals surface area contributed by atoms with Crippen molar-refractivity contribution in [3.63, 3.8) is 0 Å². The molecule has 9 heteroatoms. The van der Waals surface area contributed by atoms with Gasteiger partial charge in [0.25, 0.3) is 0 Å². The summed E-state index contributed by atoms with van der Waals surface area (Å²) in [5, 5.41) is 0. The molecule has 0 aliphatic carbocycles. The second kappa shape index (κ2) is 6.06. The molecule has 2 aromatic rings. The number of piperidine rings is 1. The number of fused-ring (bicyclic) bond motifs is 1. The van der Waals surface area contributed by atoms with E-state index in [0.29, 0.717) is 31.4 Å². The summed E-state index contributed by atoms with van der Waals surface area (Å²) in [6, 6.07) is 4.37. The van der Waals surface area contributed by atoms with Gasteiger partial charge in [0.15, 0.2) is 5.58 Å². The first-order chi connectivity index (χ1) is 11.3. The molecule has 0 unspecified atom stereocenters. The van der Waals surface area contributed by atoms with Crippen LogP contribution < -0.4 is 11.5 Å².